The van der Waals surface area contributed by atoms with Crippen molar-refractivity contribution in [1.29, 1.82) is 0 Å². The lowest BCUT2D eigenvalue weighted by atomic mass is 10.2. The highest BCUT2D eigenvalue weighted by Crippen LogP contribution is 2.31. The number of carbonyl (C=O) groups is 1. The van der Waals surface area contributed by atoms with Gasteiger partial charge in [0.2, 0.25) is 0 Å². The van der Waals surface area contributed by atoms with E-state index in [0.29, 0.717) is 10.6 Å². The fraction of sp³-hybridized carbons (Fsp3) is 0.182. The molecule has 1 rings (SSSR count). The van der Waals surface area contributed by atoms with Crippen molar-refractivity contribution in [1.82, 2.24) is 0 Å². The summed E-state index contributed by atoms with van der Waals surface area (Å²) >= 11 is 1.14. The molecule has 17 heavy (non-hydrogen) atoms. The summed E-state index contributed by atoms with van der Waals surface area (Å²) in [5.74, 6) is -0.761. The summed E-state index contributed by atoms with van der Waals surface area (Å²) in [7, 11) is 0. The largest absolute Gasteiger partial charge is 0.478 e. The van der Waals surface area contributed by atoms with E-state index in [1.54, 1.807) is 6.07 Å². The predicted molar refractivity (Wildman–Crippen MR) is 58.9 cm³/mol. The van der Waals surface area contributed by atoms with E-state index in [1.165, 1.54) is 12.1 Å². The zero-order valence-electron chi connectivity index (χ0n) is 8.57. The number of hydrogen-bond acceptors (Lipinski definition) is 2. The highest BCUT2D eigenvalue weighted by atomic mass is 32.2. The Bertz CT molecular complexity index is 427. The molecule has 0 aliphatic carbocycles. The van der Waals surface area contributed by atoms with E-state index in [9.17, 15) is 18.0 Å². The van der Waals surface area contributed by atoms with Crippen LogP contribution in [0, 0.1) is 0 Å². The van der Waals surface area contributed by atoms with Crippen molar-refractivity contribution in [3.05, 3.63) is 42.0 Å². The van der Waals surface area contributed by atoms with Gasteiger partial charge in [-0.1, -0.05) is 12.1 Å². The number of halogens is 3. The van der Waals surface area contributed by atoms with Crippen LogP contribution in [0.15, 0.2) is 41.3 Å². The first-order valence-electron chi connectivity index (χ1n) is 4.59. The number of rotatable bonds is 4. The van der Waals surface area contributed by atoms with Crippen molar-refractivity contribution in [2.45, 2.75) is 11.1 Å². The first-order chi connectivity index (χ1) is 7.89. The third-order valence-corrected chi connectivity index (χ3v) is 2.71. The molecule has 0 amide bonds. The second-order valence-electron chi connectivity index (χ2n) is 3.08. The summed E-state index contributed by atoms with van der Waals surface area (Å²) in [6, 6.07) is 4.91. The third-order valence-electron chi connectivity index (χ3n) is 1.77. The zero-order chi connectivity index (χ0) is 12.9. The number of alkyl halides is 3. The Morgan fingerprint density at radius 3 is 2.71 bits per heavy atom. The van der Waals surface area contributed by atoms with Gasteiger partial charge in [-0.05, 0) is 18.2 Å². The lowest BCUT2D eigenvalue weighted by Gasteiger charge is -2.07. The molecule has 0 heterocycles. The van der Waals surface area contributed by atoms with Crippen LogP contribution in [-0.2, 0) is 11.0 Å². The van der Waals surface area contributed by atoms with Crippen molar-refractivity contribution < 1.29 is 23.1 Å². The molecule has 92 valence electrons. The zero-order valence-corrected chi connectivity index (χ0v) is 9.39. The van der Waals surface area contributed by atoms with Crippen LogP contribution in [0.1, 0.15) is 5.56 Å². The Hall–Kier alpha value is -1.43. The van der Waals surface area contributed by atoms with E-state index in [2.05, 4.69) is 0 Å². The fourth-order valence-electron chi connectivity index (χ4n) is 1.06. The second-order valence-corrected chi connectivity index (χ2v) is 4.17. The van der Waals surface area contributed by atoms with Gasteiger partial charge in [0.25, 0.3) is 0 Å². The van der Waals surface area contributed by atoms with Crippen LogP contribution in [0.2, 0.25) is 0 Å². The Balaban J connectivity index is 2.64. The Morgan fingerprint density at radius 1 is 1.41 bits per heavy atom. The van der Waals surface area contributed by atoms with Crippen molar-refractivity contribution in [3.8, 4) is 0 Å². The van der Waals surface area contributed by atoms with Gasteiger partial charge in [0.05, 0.1) is 5.56 Å². The van der Waals surface area contributed by atoms with E-state index in [4.69, 9.17) is 5.11 Å². The molecule has 0 saturated heterocycles. The van der Waals surface area contributed by atoms with Crippen molar-refractivity contribution in [2.24, 2.45) is 0 Å². The second kappa shape index (κ2) is 5.77. The number of aliphatic carboxylic acids is 1. The van der Waals surface area contributed by atoms with Crippen molar-refractivity contribution in [2.75, 3.05) is 5.75 Å². The Kier molecular flexibility index (Phi) is 4.62. The molecular formula is C11H9F3O2S. The molecule has 1 N–H and O–H groups in total. The Morgan fingerprint density at radius 2 is 2.12 bits per heavy atom. The molecular weight excluding hydrogens is 253 g/mol. The summed E-state index contributed by atoms with van der Waals surface area (Å²) in [5.41, 5.74) is -0.704. The summed E-state index contributed by atoms with van der Waals surface area (Å²) in [6.45, 7) is 0. The third kappa shape index (κ3) is 4.95. The van der Waals surface area contributed by atoms with Gasteiger partial charge in [-0.3, -0.25) is 0 Å². The maximum Gasteiger partial charge on any atom is 0.416 e. The van der Waals surface area contributed by atoms with Gasteiger partial charge in [-0.2, -0.15) is 13.2 Å². The quantitative estimate of drug-likeness (QED) is 0.667. The minimum atomic E-state index is -4.35. The van der Waals surface area contributed by atoms with Crippen LogP contribution in [-0.4, -0.2) is 16.8 Å². The lowest BCUT2D eigenvalue weighted by molar-refractivity contribution is -0.137. The van der Waals surface area contributed by atoms with Crippen LogP contribution in [0.3, 0.4) is 0 Å². The molecule has 0 unspecified atom stereocenters. The maximum atomic E-state index is 12.4. The normalized spacial score (nSPS) is 11.9. The van der Waals surface area contributed by atoms with Crippen molar-refractivity contribution in [3.63, 3.8) is 0 Å². The molecule has 0 spiro atoms. The average Bonchev–Trinajstić information content (AvgIpc) is 2.23. The van der Waals surface area contributed by atoms with E-state index >= 15 is 0 Å². The fourth-order valence-corrected chi connectivity index (χ4v) is 1.83. The molecule has 1 aromatic rings. The minimum Gasteiger partial charge on any atom is -0.478 e. The molecule has 0 aliphatic rings. The van der Waals surface area contributed by atoms with E-state index in [-0.39, 0.29) is 0 Å². The first kappa shape index (κ1) is 13.6. The average molecular weight is 262 g/mol. The number of carboxylic acid groups (broad SMARTS) is 1. The van der Waals surface area contributed by atoms with E-state index in [0.717, 1.165) is 30.0 Å². The van der Waals surface area contributed by atoms with Crippen LogP contribution in [0.25, 0.3) is 0 Å². The maximum absolute atomic E-state index is 12.4. The van der Waals surface area contributed by atoms with Gasteiger partial charge in [-0.15, -0.1) is 11.8 Å². The number of hydrogen-bond donors (Lipinski definition) is 1. The van der Waals surface area contributed by atoms with Crippen LogP contribution >= 0.6 is 11.8 Å². The molecule has 2 nitrogen and oxygen atoms in total. The van der Waals surface area contributed by atoms with E-state index < -0.39 is 17.7 Å². The van der Waals surface area contributed by atoms with Gasteiger partial charge >= 0.3 is 12.1 Å². The van der Waals surface area contributed by atoms with Gasteiger partial charge in [0.1, 0.15) is 0 Å². The molecule has 0 radical (unpaired) electrons. The number of thioether (sulfide) groups is 1. The summed E-state index contributed by atoms with van der Waals surface area (Å²) in [6.07, 6.45) is -2.01. The molecule has 1 aromatic carbocycles. The molecule has 0 fully saturated rings. The van der Waals surface area contributed by atoms with Gasteiger partial charge in [-0.25, -0.2) is 4.79 Å². The van der Waals surface area contributed by atoms with Gasteiger partial charge < -0.3 is 5.11 Å². The molecule has 6 heteroatoms. The van der Waals surface area contributed by atoms with Crippen LogP contribution in [0.4, 0.5) is 13.2 Å². The molecule has 0 aliphatic heterocycles. The SMILES string of the molecule is O=C(O)/C=C/CSc1cccc(C(F)(F)F)c1. The molecule has 0 aromatic heterocycles. The van der Waals surface area contributed by atoms with Gasteiger partial charge in [0.15, 0.2) is 0 Å². The lowest BCUT2D eigenvalue weighted by Crippen LogP contribution is -2.04. The number of benzene rings is 1. The van der Waals surface area contributed by atoms with Gasteiger partial charge in [0, 0.05) is 16.7 Å². The standard InChI is InChI=1S/C11H9F3O2S/c12-11(13,14)8-3-1-4-9(7-8)17-6-2-5-10(15)16/h1-5,7H,6H2,(H,15,16)/b5-2+. The molecule has 0 saturated carbocycles. The van der Waals surface area contributed by atoms with Crippen LogP contribution in [0.5, 0.6) is 0 Å². The minimum absolute atomic E-state index is 0.313. The van der Waals surface area contributed by atoms with Crippen LogP contribution < -0.4 is 0 Å². The van der Waals surface area contributed by atoms with E-state index in [1.807, 2.05) is 0 Å². The summed E-state index contributed by atoms with van der Waals surface area (Å²) < 4.78 is 37.1. The Labute approximate surface area is 100 Å². The summed E-state index contributed by atoms with van der Waals surface area (Å²) in [4.78, 5) is 10.6. The van der Waals surface area contributed by atoms with Crippen molar-refractivity contribution >= 4 is 17.7 Å². The smallest absolute Gasteiger partial charge is 0.416 e. The predicted octanol–water partition coefficient (Wildman–Crippen LogP) is 3.44. The topological polar surface area (TPSA) is 37.3 Å². The highest BCUT2D eigenvalue weighted by molar-refractivity contribution is 7.99. The number of carboxylic acids is 1. The molecule has 0 atom stereocenters. The monoisotopic (exact) mass is 262 g/mol. The highest BCUT2D eigenvalue weighted by Gasteiger charge is 2.30. The molecule has 0 bridgehead atoms. The summed E-state index contributed by atoms with van der Waals surface area (Å²) in [5, 5.41) is 8.32. The first-order valence-corrected chi connectivity index (χ1v) is 5.57.